The molecule has 0 aliphatic rings. The summed E-state index contributed by atoms with van der Waals surface area (Å²) in [5, 5.41) is 3.30. The summed E-state index contributed by atoms with van der Waals surface area (Å²) in [5.41, 5.74) is 2.45. The number of hydrogen-bond acceptors (Lipinski definition) is 5. The highest BCUT2D eigenvalue weighted by molar-refractivity contribution is 5.89. The minimum absolute atomic E-state index is 0. The zero-order valence-corrected chi connectivity index (χ0v) is 15.3. The van der Waals surface area contributed by atoms with Crippen LogP contribution < -0.4 is 5.32 Å². The van der Waals surface area contributed by atoms with E-state index in [1.165, 1.54) is 0 Å². The fourth-order valence-electron chi connectivity index (χ4n) is 2.43. The van der Waals surface area contributed by atoms with Gasteiger partial charge in [0.15, 0.2) is 0 Å². The van der Waals surface area contributed by atoms with Crippen molar-refractivity contribution >= 4 is 18.4 Å². The Morgan fingerprint density at radius 3 is 2.58 bits per heavy atom. The van der Waals surface area contributed by atoms with Crippen molar-refractivity contribution in [1.29, 1.82) is 0 Å². The van der Waals surface area contributed by atoms with Crippen LogP contribution in [0, 0.1) is 0 Å². The molecule has 0 saturated heterocycles. The van der Waals surface area contributed by atoms with E-state index in [0.29, 0.717) is 25.3 Å². The van der Waals surface area contributed by atoms with E-state index in [2.05, 4.69) is 10.3 Å². The van der Waals surface area contributed by atoms with Gasteiger partial charge < -0.3 is 14.5 Å². The standard InChI is InChI=1S/C20H20N2O3.ClH/c1-2-24-20(23)16-8-6-15(7-9-16)19-11-10-18(25-19)14-21-13-17-5-3-4-12-22-17;/h3-12,21H,2,13-14H2,1H3;1H. The molecule has 26 heavy (non-hydrogen) atoms. The second kappa shape index (κ2) is 9.75. The number of furan rings is 1. The van der Waals surface area contributed by atoms with Gasteiger partial charge in [0.05, 0.1) is 24.4 Å². The van der Waals surface area contributed by atoms with E-state index in [1.807, 2.05) is 42.5 Å². The van der Waals surface area contributed by atoms with Crippen LogP contribution in [-0.4, -0.2) is 17.6 Å². The van der Waals surface area contributed by atoms with Gasteiger partial charge in [-0.3, -0.25) is 4.98 Å². The zero-order valence-electron chi connectivity index (χ0n) is 14.5. The van der Waals surface area contributed by atoms with Crippen molar-refractivity contribution in [2.45, 2.75) is 20.0 Å². The van der Waals surface area contributed by atoms with Crippen LogP contribution in [0.5, 0.6) is 0 Å². The Balaban J connectivity index is 0.00000243. The molecule has 1 N–H and O–H groups in total. The summed E-state index contributed by atoms with van der Waals surface area (Å²) < 4.78 is 10.8. The minimum atomic E-state index is -0.312. The third kappa shape index (κ3) is 5.18. The van der Waals surface area contributed by atoms with E-state index in [0.717, 1.165) is 22.8 Å². The van der Waals surface area contributed by atoms with Crippen LogP contribution in [0.15, 0.2) is 65.2 Å². The third-order valence-corrected chi connectivity index (χ3v) is 3.67. The van der Waals surface area contributed by atoms with Crippen LogP contribution in [-0.2, 0) is 17.8 Å². The first-order valence-electron chi connectivity index (χ1n) is 8.23. The second-order valence-electron chi connectivity index (χ2n) is 5.49. The Bertz CT molecular complexity index is 817. The highest BCUT2D eigenvalue weighted by Crippen LogP contribution is 2.23. The van der Waals surface area contributed by atoms with Gasteiger partial charge >= 0.3 is 5.97 Å². The van der Waals surface area contributed by atoms with Crippen LogP contribution in [0.2, 0.25) is 0 Å². The largest absolute Gasteiger partial charge is 0.462 e. The number of carbonyl (C=O) groups excluding carboxylic acids is 1. The van der Waals surface area contributed by atoms with E-state index in [9.17, 15) is 4.79 Å². The maximum atomic E-state index is 11.7. The first-order valence-corrected chi connectivity index (χ1v) is 8.23. The van der Waals surface area contributed by atoms with Crippen molar-refractivity contribution in [3.63, 3.8) is 0 Å². The lowest BCUT2D eigenvalue weighted by atomic mass is 10.1. The molecule has 0 atom stereocenters. The average molecular weight is 373 g/mol. The molecular formula is C20H21ClN2O3. The van der Waals surface area contributed by atoms with Crippen molar-refractivity contribution in [2.75, 3.05) is 6.61 Å². The molecule has 1 aromatic carbocycles. The first-order chi connectivity index (χ1) is 12.3. The lowest BCUT2D eigenvalue weighted by Gasteiger charge is -2.03. The predicted molar refractivity (Wildman–Crippen MR) is 102 cm³/mol. The van der Waals surface area contributed by atoms with Gasteiger partial charge in [-0.05, 0) is 43.3 Å². The summed E-state index contributed by atoms with van der Waals surface area (Å²) in [7, 11) is 0. The van der Waals surface area contributed by atoms with Crippen LogP contribution >= 0.6 is 12.4 Å². The maximum Gasteiger partial charge on any atom is 0.338 e. The summed E-state index contributed by atoms with van der Waals surface area (Å²) in [5.74, 6) is 1.30. The Morgan fingerprint density at radius 2 is 1.88 bits per heavy atom. The van der Waals surface area contributed by atoms with Crippen LogP contribution in [0.3, 0.4) is 0 Å². The number of carbonyl (C=O) groups is 1. The topological polar surface area (TPSA) is 64.4 Å². The second-order valence-corrected chi connectivity index (χ2v) is 5.49. The normalized spacial score (nSPS) is 10.2. The SMILES string of the molecule is CCOC(=O)c1ccc(-c2ccc(CNCc3ccccn3)o2)cc1.Cl. The Labute approximate surface area is 158 Å². The van der Waals surface area contributed by atoms with Gasteiger partial charge in [0.1, 0.15) is 11.5 Å². The van der Waals surface area contributed by atoms with Crippen molar-refractivity contribution in [3.05, 3.63) is 77.8 Å². The molecule has 6 heteroatoms. The van der Waals surface area contributed by atoms with E-state index in [-0.39, 0.29) is 18.4 Å². The Kier molecular flexibility index (Phi) is 7.38. The molecule has 0 bridgehead atoms. The van der Waals surface area contributed by atoms with Crippen molar-refractivity contribution in [3.8, 4) is 11.3 Å². The highest BCUT2D eigenvalue weighted by Gasteiger charge is 2.08. The van der Waals surface area contributed by atoms with Gasteiger partial charge in [0.2, 0.25) is 0 Å². The number of benzene rings is 1. The summed E-state index contributed by atoms with van der Waals surface area (Å²) >= 11 is 0. The van der Waals surface area contributed by atoms with E-state index in [1.54, 1.807) is 25.3 Å². The lowest BCUT2D eigenvalue weighted by Crippen LogP contribution is -2.12. The highest BCUT2D eigenvalue weighted by atomic mass is 35.5. The van der Waals surface area contributed by atoms with Gasteiger partial charge in [-0.2, -0.15) is 0 Å². The number of aromatic nitrogens is 1. The number of nitrogens with one attached hydrogen (secondary N) is 1. The molecule has 0 fully saturated rings. The number of hydrogen-bond donors (Lipinski definition) is 1. The molecule has 2 aromatic heterocycles. The van der Waals surface area contributed by atoms with Crippen LogP contribution in [0.25, 0.3) is 11.3 Å². The van der Waals surface area contributed by atoms with Crippen molar-refractivity contribution in [2.24, 2.45) is 0 Å². The predicted octanol–water partition coefficient (Wildman–Crippen LogP) is 4.23. The molecule has 0 radical (unpaired) electrons. The van der Waals surface area contributed by atoms with Crippen LogP contribution in [0.4, 0.5) is 0 Å². The molecule has 0 spiro atoms. The van der Waals surface area contributed by atoms with E-state index in [4.69, 9.17) is 9.15 Å². The molecule has 2 heterocycles. The van der Waals surface area contributed by atoms with E-state index < -0.39 is 0 Å². The van der Waals surface area contributed by atoms with Crippen molar-refractivity contribution in [1.82, 2.24) is 10.3 Å². The zero-order chi connectivity index (χ0) is 17.5. The summed E-state index contributed by atoms with van der Waals surface area (Å²) in [4.78, 5) is 15.9. The van der Waals surface area contributed by atoms with Gasteiger partial charge in [-0.15, -0.1) is 12.4 Å². The number of ether oxygens (including phenoxy) is 1. The smallest absolute Gasteiger partial charge is 0.338 e. The number of rotatable bonds is 7. The molecule has 3 rings (SSSR count). The molecule has 0 aliphatic carbocycles. The summed E-state index contributed by atoms with van der Waals surface area (Å²) in [6, 6.07) is 16.9. The molecule has 5 nitrogen and oxygen atoms in total. The monoisotopic (exact) mass is 372 g/mol. The molecule has 3 aromatic rings. The number of nitrogens with zero attached hydrogens (tertiary/aromatic N) is 1. The fraction of sp³-hybridized carbons (Fsp3) is 0.200. The number of esters is 1. The quantitative estimate of drug-likeness (QED) is 0.629. The third-order valence-electron chi connectivity index (χ3n) is 3.67. The molecule has 136 valence electrons. The van der Waals surface area contributed by atoms with Crippen LogP contribution in [0.1, 0.15) is 28.7 Å². The maximum absolute atomic E-state index is 11.7. The van der Waals surface area contributed by atoms with Gasteiger partial charge in [-0.25, -0.2) is 4.79 Å². The molecular weight excluding hydrogens is 352 g/mol. The molecule has 0 unspecified atom stereocenters. The number of pyridine rings is 1. The minimum Gasteiger partial charge on any atom is -0.462 e. The van der Waals surface area contributed by atoms with Gasteiger partial charge in [-0.1, -0.05) is 18.2 Å². The molecule has 0 saturated carbocycles. The summed E-state index contributed by atoms with van der Waals surface area (Å²) in [6.45, 7) is 3.47. The Morgan fingerprint density at radius 1 is 1.08 bits per heavy atom. The Hall–Kier alpha value is -2.63. The number of halogens is 1. The van der Waals surface area contributed by atoms with Gasteiger partial charge in [0, 0.05) is 18.3 Å². The summed E-state index contributed by atoms with van der Waals surface area (Å²) in [6.07, 6.45) is 1.78. The van der Waals surface area contributed by atoms with Gasteiger partial charge in [0.25, 0.3) is 0 Å². The molecule has 0 amide bonds. The average Bonchev–Trinajstić information content (AvgIpc) is 3.12. The van der Waals surface area contributed by atoms with Crippen molar-refractivity contribution < 1.29 is 13.9 Å². The molecule has 0 aliphatic heterocycles. The fourth-order valence-corrected chi connectivity index (χ4v) is 2.43. The van der Waals surface area contributed by atoms with E-state index >= 15 is 0 Å². The lowest BCUT2D eigenvalue weighted by molar-refractivity contribution is 0.0526. The first kappa shape index (κ1) is 19.7.